The van der Waals surface area contributed by atoms with Crippen molar-refractivity contribution in [3.63, 3.8) is 0 Å². The van der Waals surface area contributed by atoms with Crippen LogP contribution in [0.1, 0.15) is 0 Å². The highest BCUT2D eigenvalue weighted by Crippen LogP contribution is 2.15. The third-order valence-electron chi connectivity index (χ3n) is 1.99. The summed E-state index contributed by atoms with van der Waals surface area (Å²) in [7, 11) is 0. The van der Waals surface area contributed by atoms with Gasteiger partial charge in [0.2, 0.25) is 5.76 Å². The van der Waals surface area contributed by atoms with E-state index < -0.39 is 0 Å². The number of aromatic nitrogens is 5. The Morgan fingerprint density at radius 2 is 2.40 bits per heavy atom. The fourth-order valence-electron chi connectivity index (χ4n) is 1.32. The number of aromatic amines is 1. The van der Waals surface area contributed by atoms with Crippen LogP contribution in [-0.4, -0.2) is 25.0 Å². The van der Waals surface area contributed by atoms with Crippen molar-refractivity contribution in [1.82, 2.24) is 25.0 Å². The van der Waals surface area contributed by atoms with Gasteiger partial charge < -0.3 is 9.51 Å². The molecule has 0 aliphatic heterocycles. The largest absolute Gasteiger partial charge is 0.346 e. The molecule has 7 nitrogen and oxygen atoms in total. The van der Waals surface area contributed by atoms with Crippen LogP contribution in [0, 0.1) is 0 Å². The Balaban J connectivity index is 2.32. The maximum atomic E-state index is 11.4. The lowest BCUT2D eigenvalue weighted by molar-refractivity contribution is 0.402. The molecule has 15 heavy (non-hydrogen) atoms. The number of rotatable bonds is 1. The molecule has 0 aliphatic rings. The molecule has 0 fully saturated rings. The molecule has 3 aromatic heterocycles. The Morgan fingerprint density at radius 1 is 1.47 bits per heavy atom. The van der Waals surface area contributed by atoms with Gasteiger partial charge in [-0.3, -0.25) is 4.79 Å². The molecule has 0 saturated heterocycles. The highest BCUT2D eigenvalue weighted by Gasteiger charge is 2.09. The van der Waals surface area contributed by atoms with Crippen LogP contribution in [0.2, 0.25) is 0 Å². The van der Waals surface area contributed by atoms with Gasteiger partial charge in [0.15, 0.2) is 0 Å². The van der Waals surface area contributed by atoms with E-state index in [1.54, 1.807) is 12.3 Å². The Morgan fingerprint density at radius 3 is 3.13 bits per heavy atom. The van der Waals surface area contributed by atoms with Crippen LogP contribution in [0.5, 0.6) is 0 Å². The SMILES string of the molecule is O=c1cc[nH]c2cc(-c3cnno3)nn12. The second kappa shape index (κ2) is 2.77. The minimum Gasteiger partial charge on any atom is -0.346 e. The summed E-state index contributed by atoms with van der Waals surface area (Å²) in [6, 6.07) is 3.08. The van der Waals surface area contributed by atoms with Crippen LogP contribution in [0.25, 0.3) is 17.1 Å². The molecule has 0 aromatic carbocycles. The Bertz CT molecular complexity index is 651. The van der Waals surface area contributed by atoms with Gasteiger partial charge in [0.05, 0.1) is 0 Å². The molecule has 0 radical (unpaired) electrons. The highest BCUT2D eigenvalue weighted by atomic mass is 16.5. The van der Waals surface area contributed by atoms with E-state index >= 15 is 0 Å². The zero-order valence-electron chi connectivity index (χ0n) is 7.41. The summed E-state index contributed by atoms with van der Waals surface area (Å²) in [5.41, 5.74) is 0.899. The maximum Gasteiger partial charge on any atom is 0.274 e. The second-order valence-corrected chi connectivity index (χ2v) is 2.92. The van der Waals surface area contributed by atoms with Crippen molar-refractivity contribution in [2.45, 2.75) is 0 Å². The van der Waals surface area contributed by atoms with E-state index in [1.165, 1.54) is 16.8 Å². The Kier molecular flexibility index (Phi) is 1.46. The first-order valence-electron chi connectivity index (χ1n) is 4.20. The zero-order valence-corrected chi connectivity index (χ0v) is 7.41. The van der Waals surface area contributed by atoms with E-state index in [4.69, 9.17) is 4.52 Å². The van der Waals surface area contributed by atoms with E-state index in [0.717, 1.165) is 0 Å². The van der Waals surface area contributed by atoms with Crippen molar-refractivity contribution in [3.8, 4) is 11.5 Å². The van der Waals surface area contributed by atoms with Crippen LogP contribution in [-0.2, 0) is 0 Å². The van der Waals surface area contributed by atoms with Crippen LogP contribution >= 0.6 is 0 Å². The van der Waals surface area contributed by atoms with Crippen LogP contribution in [0.15, 0.2) is 33.8 Å². The van der Waals surface area contributed by atoms with Crippen LogP contribution < -0.4 is 5.56 Å². The first-order chi connectivity index (χ1) is 7.34. The van der Waals surface area contributed by atoms with Crippen LogP contribution in [0.3, 0.4) is 0 Å². The maximum absolute atomic E-state index is 11.4. The molecular formula is C8H5N5O2. The molecule has 1 N–H and O–H groups in total. The molecule has 0 atom stereocenters. The molecule has 3 rings (SSSR count). The lowest BCUT2D eigenvalue weighted by Gasteiger charge is -1.87. The Labute approximate surface area is 82.3 Å². The summed E-state index contributed by atoms with van der Waals surface area (Å²) in [6.07, 6.45) is 2.99. The van der Waals surface area contributed by atoms with Crippen molar-refractivity contribution in [1.29, 1.82) is 0 Å². The molecule has 0 bridgehead atoms. The van der Waals surface area contributed by atoms with E-state index in [1.807, 2.05) is 0 Å². The molecule has 7 heteroatoms. The van der Waals surface area contributed by atoms with Crippen molar-refractivity contribution in [2.75, 3.05) is 0 Å². The van der Waals surface area contributed by atoms with Gasteiger partial charge in [0.1, 0.15) is 17.5 Å². The van der Waals surface area contributed by atoms with Gasteiger partial charge in [0, 0.05) is 23.6 Å². The average molecular weight is 203 g/mol. The summed E-state index contributed by atoms with van der Waals surface area (Å²) in [4.78, 5) is 14.3. The zero-order chi connectivity index (χ0) is 10.3. The summed E-state index contributed by atoms with van der Waals surface area (Å²) in [6.45, 7) is 0. The molecule has 0 saturated carbocycles. The molecule has 3 aromatic rings. The predicted molar refractivity (Wildman–Crippen MR) is 49.1 cm³/mol. The molecular weight excluding hydrogens is 198 g/mol. The van der Waals surface area contributed by atoms with Gasteiger partial charge in [0.25, 0.3) is 5.56 Å². The first-order valence-corrected chi connectivity index (χ1v) is 4.20. The van der Waals surface area contributed by atoms with Crippen molar-refractivity contribution >= 4 is 5.65 Å². The quantitative estimate of drug-likeness (QED) is 0.604. The van der Waals surface area contributed by atoms with Gasteiger partial charge >= 0.3 is 0 Å². The fourth-order valence-corrected chi connectivity index (χ4v) is 1.32. The van der Waals surface area contributed by atoms with Gasteiger partial charge in [-0.15, -0.1) is 5.10 Å². The topological polar surface area (TPSA) is 89.1 Å². The van der Waals surface area contributed by atoms with Crippen LogP contribution in [0.4, 0.5) is 0 Å². The van der Waals surface area contributed by atoms with E-state index in [-0.39, 0.29) is 5.56 Å². The molecule has 0 aliphatic carbocycles. The van der Waals surface area contributed by atoms with Crippen molar-refractivity contribution in [3.05, 3.63) is 34.9 Å². The molecule has 0 amide bonds. The monoisotopic (exact) mass is 203 g/mol. The van der Waals surface area contributed by atoms with E-state index in [0.29, 0.717) is 17.1 Å². The normalized spacial score (nSPS) is 10.9. The lowest BCUT2D eigenvalue weighted by Crippen LogP contribution is -2.12. The number of nitrogens with one attached hydrogen (secondary N) is 1. The van der Waals surface area contributed by atoms with Gasteiger partial charge in [-0.05, 0) is 0 Å². The van der Waals surface area contributed by atoms with Crippen molar-refractivity contribution < 1.29 is 4.52 Å². The summed E-state index contributed by atoms with van der Waals surface area (Å²) in [5.74, 6) is 0.423. The van der Waals surface area contributed by atoms with E-state index in [2.05, 4.69) is 20.5 Å². The fraction of sp³-hybridized carbons (Fsp3) is 0. The standard InChI is InChI=1S/C8H5N5O2/c14-8-1-2-9-7-3-5(11-13(7)8)6-4-10-12-15-6/h1-4,9H. The first kappa shape index (κ1) is 7.92. The summed E-state index contributed by atoms with van der Waals surface area (Å²) < 4.78 is 6.08. The van der Waals surface area contributed by atoms with Gasteiger partial charge in [-0.25, -0.2) is 0 Å². The number of H-pyrrole nitrogens is 1. The summed E-state index contributed by atoms with van der Waals surface area (Å²) >= 11 is 0. The highest BCUT2D eigenvalue weighted by molar-refractivity contribution is 5.57. The third kappa shape index (κ3) is 1.13. The van der Waals surface area contributed by atoms with Gasteiger partial charge in [-0.2, -0.15) is 9.61 Å². The number of hydrogen-bond donors (Lipinski definition) is 1. The van der Waals surface area contributed by atoms with E-state index in [9.17, 15) is 4.79 Å². The van der Waals surface area contributed by atoms with Crippen molar-refractivity contribution in [2.24, 2.45) is 0 Å². The van der Waals surface area contributed by atoms with Gasteiger partial charge in [-0.1, -0.05) is 0 Å². The second-order valence-electron chi connectivity index (χ2n) is 2.92. The Hall–Kier alpha value is -2.44. The minimum atomic E-state index is -0.206. The smallest absolute Gasteiger partial charge is 0.274 e. The lowest BCUT2D eigenvalue weighted by atomic mass is 10.3. The summed E-state index contributed by atoms with van der Waals surface area (Å²) in [5, 5.41) is 10.9. The predicted octanol–water partition coefficient (Wildman–Crippen LogP) is 0.0726. The molecule has 3 heterocycles. The average Bonchev–Trinajstić information content (AvgIpc) is 2.86. The number of hydrogen-bond acceptors (Lipinski definition) is 5. The minimum absolute atomic E-state index is 0.206. The third-order valence-corrected chi connectivity index (χ3v) is 1.99. The number of nitrogens with zero attached hydrogens (tertiary/aromatic N) is 4. The number of fused-ring (bicyclic) bond motifs is 1. The molecule has 0 unspecified atom stereocenters. The molecule has 0 spiro atoms. The molecule has 74 valence electrons.